The predicted octanol–water partition coefficient (Wildman–Crippen LogP) is 3.45. The maximum Gasteiger partial charge on any atom is 0.0446 e. The highest BCUT2D eigenvalue weighted by molar-refractivity contribution is 8.06. The second kappa shape index (κ2) is 6.20. The third-order valence-corrected chi connectivity index (χ3v) is 5.87. The lowest BCUT2D eigenvalue weighted by atomic mass is 10.0. The zero-order valence-electron chi connectivity index (χ0n) is 9.28. The molecule has 1 aliphatic rings. The third kappa shape index (κ3) is 3.10. The van der Waals surface area contributed by atoms with Crippen molar-refractivity contribution in [3.63, 3.8) is 0 Å². The highest BCUT2D eigenvalue weighted by Gasteiger charge is 2.24. The molecule has 0 spiro atoms. The fourth-order valence-corrected chi connectivity index (χ4v) is 4.97. The molecule has 2 atom stereocenters. The molecule has 0 radical (unpaired) electrons. The van der Waals surface area contributed by atoms with E-state index in [4.69, 9.17) is 11.6 Å². The molecule has 4 heteroatoms. The van der Waals surface area contributed by atoms with Gasteiger partial charge in [0.25, 0.3) is 0 Å². The lowest BCUT2D eigenvalue weighted by molar-refractivity contribution is 0.592. The van der Waals surface area contributed by atoms with Crippen molar-refractivity contribution >= 4 is 35.1 Å². The van der Waals surface area contributed by atoms with Crippen LogP contribution in [0.15, 0.2) is 24.3 Å². The number of hydrogen-bond donors (Lipinski definition) is 1. The van der Waals surface area contributed by atoms with Gasteiger partial charge < -0.3 is 5.32 Å². The molecule has 1 N–H and O–H groups in total. The van der Waals surface area contributed by atoms with Gasteiger partial charge in [-0.25, -0.2) is 0 Å². The largest absolute Gasteiger partial charge is 0.312 e. The molecule has 1 aromatic rings. The van der Waals surface area contributed by atoms with Crippen molar-refractivity contribution in [1.29, 1.82) is 0 Å². The number of nitrogens with one attached hydrogen (secondary N) is 1. The molecule has 1 fully saturated rings. The smallest absolute Gasteiger partial charge is 0.0446 e. The standard InChI is InChI=1S/C12H16ClNS2/c1-14-12(11-8-15-6-7-16-11)9-2-4-10(13)5-3-9/h2-5,11-12,14H,6-8H2,1H3. The van der Waals surface area contributed by atoms with Crippen LogP contribution in [0.3, 0.4) is 0 Å². The predicted molar refractivity (Wildman–Crippen MR) is 76.8 cm³/mol. The van der Waals surface area contributed by atoms with Crippen LogP contribution in [-0.4, -0.2) is 29.6 Å². The monoisotopic (exact) mass is 273 g/mol. The maximum absolute atomic E-state index is 5.92. The minimum absolute atomic E-state index is 0.440. The van der Waals surface area contributed by atoms with Crippen LogP contribution in [0.1, 0.15) is 11.6 Å². The van der Waals surface area contributed by atoms with Crippen LogP contribution >= 0.6 is 35.1 Å². The van der Waals surface area contributed by atoms with Crippen LogP contribution in [0, 0.1) is 0 Å². The highest BCUT2D eigenvalue weighted by atomic mass is 35.5. The number of hydrogen-bond acceptors (Lipinski definition) is 3. The molecule has 0 bridgehead atoms. The summed E-state index contributed by atoms with van der Waals surface area (Å²) < 4.78 is 0. The van der Waals surface area contributed by atoms with Crippen molar-refractivity contribution in [2.45, 2.75) is 11.3 Å². The molecule has 0 aromatic heterocycles. The van der Waals surface area contributed by atoms with E-state index in [-0.39, 0.29) is 0 Å². The van der Waals surface area contributed by atoms with Gasteiger partial charge in [0.05, 0.1) is 0 Å². The van der Waals surface area contributed by atoms with E-state index in [9.17, 15) is 0 Å². The Balaban J connectivity index is 2.11. The Morgan fingerprint density at radius 3 is 2.62 bits per heavy atom. The molecule has 1 aromatic carbocycles. The molecule has 2 rings (SSSR count). The molecule has 88 valence electrons. The average molecular weight is 274 g/mol. The van der Waals surface area contributed by atoms with E-state index in [1.165, 1.54) is 22.8 Å². The van der Waals surface area contributed by atoms with Crippen molar-refractivity contribution in [2.75, 3.05) is 24.3 Å². The zero-order chi connectivity index (χ0) is 11.4. The molecular weight excluding hydrogens is 258 g/mol. The van der Waals surface area contributed by atoms with Gasteiger partial charge in [-0.15, -0.1) is 0 Å². The van der Waals surface area contributed by atoms with E-state index >= 15 is 0 Å². The lowest BCUT2D eigenvalue weighted by Gasteiger charge is -2.29. The van der Waals surface area contributed by atoms with Crippen molar-refractivity contribution in [3.05, 3.63) is 34.9 Å². The minimum Gasteiger partial charge on any atom is -0.312 e. The normalized spacial score (nSPS) is 23.0. The van der Waals surface area contributed by atoms with Crippen LogP contribution in [0.2, 0.25) is 5.02 Å². The summed E-state index contributed by atoms with van der Waals surface area (Å²) in [5, 5.41) is 4.91. The molecule has 1 heterocycles. The molecule has 0 aliphatic carbocycles. The molecule has 0 saturated carbocycles. The topological polar surface area (TPSA) is 12.0 Å². The summed E-state index contributed by atoms with van der Waals surface area (Å²) in [6.07, 6.45) is 0. The van der Waals surface area contributed by atoms with Gasteiger partial charge in [0.15, 0.2) is 0 Å². The molecule has 2 unspecified atom stereocenters. The van der Waals surface area contributed by atoms with Crippen LogP contribution in [-0.2, 0) is 0 Å². The summed E-state index contributed by atoms with van der Waals surface area (Å²) in [5.41, 5.74) is 1.34. The first-order chi connectivity index (χ1) is 7.81. The second-order valence-corrected chi connectivity index (χ2v) is 6.74. The van der Waals surface area contributed by atoms with Gasteiger partial charge in [0.1, 0.15) is 0 Å². The second-order valence-electron chi connectivity index (χ2n) is 3.80. The van der Waals surface area contributed by atoms with E-state index in [0.29, 0.717) is 11.3 Å². The van der Waals surface area contributed by atoms with E-state index in [0.717, 1.165) is 5.02 Å². The van der Waals surface area contributed by atoms with Crippen LogP contribution in [0.5, 0.6) is 0 Å². The highest BCUT2D eigenvalue weighted by Crippen LogP contribution is 2.33. The Morgan fingerprint density at radius 1 is 1.31 bits per heavy atom. The average Bonchev–Trinajstić information content (AvgIpc) is 2.34. The van der Waals surface area contributed by atoms with Crippen molar-refractivity contribution in [1.82, 2.24) is 5.32 Å². The van der Waals surface area contributed by atoms with Gasteiger partial charge in [-0.05, 0) is 24.7 Å². The summed E-state index contributed by atoms with van der Waals surface area (Å²) in [6.45, 7) is 0. The first kappa shape index (κ1) is 12.6. The first-order valence-electron chi connectivity index (χ1n) is 5.43. The Morgan fingerprint density at radius 2 is 2.06 bits per heavy atom. The Labute approximate surface area is 111 Å². The molecule has 0 amide bonds. The number of rotatable bonds is 3. The number of benzene rings is 1. The van der Waals surface area contributed by atoms with E-state index in [2.05, 4.69) is 41.0 Å². The van der Waals surface area contributed by atoms with E-state index < -0.39 is 0 Å². The third-order valence-electron chi connectivity index (χ3n) is 2.75. The van der Waals surface area contributed by atoms with Gasteiger partial charge in [0.2, 0.25) is 0 Å². The molecule has 16 heavy (non-hydrogen) atoms. The Bertz CT molecular complexity index is 322. The summed E-state index contributed by atoms with van der Waals surface area (Å²) in [4.78, 5) is 0. The minimum atomic E-state index is 0.440. The first-order valence-corrected chi connectivity index (χ1v) is 8.01. The fraction of sp³-hybridized carbons (Fsp3) is 0.500. The Hall–Kier alpha value is 0.170. The van der Waals surface area contributed by atoms with Gasteiger partial charge in [-0.3, -0.25) is 0 Å². The van der Waals surface area contributed by atoms with Crippen LogP contribution in [0.25, 0.3) is 0 Å². The summed E-state index contributed by atoms with van der Waals surface area (Å²) in [5.74, 6) is 3.79. The van der Waals surface area contributed by atoms with Gasteiger partial charge in [-0.2, -0.15) is 23.5 Å². The quantitative estimate of drug-likeness (QED) is 0.906. The van der Waals surface area contributed by atoms with E-state index in [1.54, 1.807) is 0 Å². The van der Waals surface area contributed by atoms with E-state index in [1.807, 2.05) is 19.2 Å². The zero-order valence-corrected chi connectivity index (χ0v) is 11.7. The van der Waals surface area contributed by atoms with Crippen molar-refractivity contribution in [2.24, 2.45) is 0 Å². The van der Waals surface area contributed by atoms with Gasteiger partial charge >= 0.3 is 0 Å². The Kier molecular flexibility index (Phi) is 4.89. The SMILES string of the molecule is CNC(c1ccc(Cl)cc1)C1CSCCS1. The molecule has 1 nitrogen and oxygen atoms in total. The summed E-state index contributed by atoms with van der Waals surface area (Å²) >= 11 is 10.1. The molecule has 1 aliphatic heterocycles. The molecule has 1 saturated heterocycles. The van der Waals surface area contributed by atoms with Crippen molar-refractivity contribution < 1.29 is 0 Å². The molecular formula is C12H16ClNS2. The summed E-state index contributed by atoms with van der Waals surface area (Å²) in [7, 11) is 2.04. The van der Waals surface area contributed by atoms with Crippen LogP contribution < -0.4 is 5.32 Å². The number of thioether (sulfide) groups is 2. The summed E-state index contributed by atoms with van der Waals surface area (Å²) in [6, 6.07) is 8.64. The number of halogens is 1. The maximum atomic E-state index is 5.92. The van der Waals surface area contributed by atoms with Gasteiger partial charge in [-0.1, -0.05) is 23.7 Å². The fourth-order valence-electron chi connectivity index (χ4n) is 1.94. The lowest BCUT2D eigenvalue weighted by Crippen LogP contribution is -2.31. The van der Waals surface area contributed by atoms with Gasteiger partial charge in [0, 0.05) is 33.6 Å². The van der Waals surface area contributed by atoms with Crippen molar-refractivity contribution in [3.8, 4) is 0 Å². The van der Waals surface area contributed by atoms with Crippen LogP contribution in [0.4, 0.5) is 0 Å².